The topological polar surface area (TPSA) is 97.6 Å². The van der Waals surface area contributed by atoms with Gasteiger partial charge in [-0.3, -0.25) is 14.5 Å². The quantitative estimate of drug-likeness (QED) is 0.607. The summed E-state index contributed by atoms with van der Waals surface area (Å²) in [5.74, 6) is 3.32. The van der Waals surface area contributed by atoms with Gasteiger partial charge in [0.25, 0.3) is 5.91 Å². The van der Waals surface area contributed by atoms with Crippen LogP contribution in [0.2, 0.25) is 0 Å². The molecule has 0 saturated heterocycles. The number of aromatic nitrogens is 2. The molecule has 152 valence electrons. The fourth-order valence-electron chi connectivity index (χ4n) is 2.66. The van der Waals surface area contributed by atoms with Gasteiger partial charge in [-0.1, -0.05) is 17.1 Å². The Balaban J connectivity index is 1.77. The molecule has 0 aliphatic heterocycles. The molecule has 0 unspecified atom stereocenters. The molecule has 1 heterocycles. The van der Waals surface area contributed by atoms with Crippen molar-refractivity contribution in [2.24, 2.45) is 0 Å². The van der Waals surface area contributed by atoms with E-state index in [-0.39, 0.29) is 25.0 Å². The summed E-state index contributed by atoms with van der Waals surface area (Å²) in [7, 11) is 1.51. The third-order valence-electron chi connectivity index (χ3n) is 4.19. The molecule has 0 aliphatic rings. The molecule has 2 aromatic carbocycles. The van der Waals surface area contributed by atoms with E-state index in [2.05, 4.69) is 21.4 Å². The molecule has 1 aromatic heterocycles. The van der Waals surface area contributed by atoms with Gasteiger partial charge in [0.2, 0.25) is 17.6 Å². The van der Waals surface area contributed by atoms with Crippen LogP contribution in [0, 0.1) is 19.3 Å². The van der Waals surface area contributed by atoms with Crippen LogP contribution >= 0.6 is 0 Å². The van der Waals surface area contributed by atoms with E-state index in [1.807, 2.05) is 0 Å². The van der Waals surface area contributed by atoms with E-state index < -0.39 is 0 Å². The molecule has 0 fully saturated rings. The smallest absolute Gasteiger partial charge is 0.258 e. The van der Waals surface area contributed by atoms with Gasteiger partial charge < -0.3 is 14.6 Å². The number of rotatable bonds is 7. The van der Waals surface area contributed by atoms with Gasteiger partial charge in [-0.2, -0.15) is 4.98 Å². The third-order valence-corrected chi connectivity index (χ3v) is 4.19. The molecule has 0 saturated carbocycles. The third kappa shape index (κ3) is 5.02. The highest BCUT2D eigenvalue weighted by Gasteiger charge is 2.20. The highest BCUT2D eigenvalue weighted by Crippen LogP contribution is 2.20. The number of amides is 2. The van der Waals surface area contributed by atoms with Crippen molar-refractivity contribution in [3.63, 3.8) is 0 Å². The predicted octanol–water partition coefficient (Wildman–Crippen LogP) is 2.33. The Bertz CT molecular complexity index is 1080. The molecule has 3 aromatic rings. The lowest BCUT2D eigenvalue weighted by molar-refractivity contribution is -0.119. The Morgan fingerprint density at radius 3 is 2.63 bits per heavy atom. The minimum absolute atomic E-state index is 0.140. The van der Waals surface area contributed by atoms with Crippen LogP contribution in [-0.2, 0) is 11.4 Å². The average Bonchev–Trinajstić information content (AvgIpc) is 3.20. The monoisotopic (exact) mass is 404 g/mol. The minimum Gasteiger partial charge on any atom is -0.485 e. The number of likely N-dealkylation sites (N-methyl/N-ethyl adjacent to an activating group) is 1. The molecule has 30 heavy (non-hydrogen) atoms. The second kappa shape index (κ2) is 9.39. The first kappa shape index (κ1) is 20.6. The average molecular weight is 404 g/mol. The number of aryl methyl sites for hydroxylation is 1. The number of nitrogens with zero attached hydrogens (tertiary/aromatic N) is 3. The fraction of sp³-hybridized carbons (Fsp3) is 0.182. The lowest BCUT2D eigenvalue weighted by atomic mass is 10.1. The minimum atomic E-state index is -0.340. The van der Waals surface area contributed by atoms with Crippen LogP contribution < -0.4 is 15.0 Å². The normalized spacial score (nSPS) is 10.2. The molecule has 3 rings (SSSR count). The van der Waals surface area contributed by atoms with Gasteiger partial charge in [0.1, 0.15) is 12.3 Å². The van der Waals surface area contributed by atoms with Gasteiger partial charge in [-0.05, 0) is 42.5 Å². The summed E-state index contributed by atoms with van der Waals surface area (Å²) in [6, 6.07) is 13.5. The molecule has 1 N–H and O–H groups in total. The van der Waals surface area contributed by atoms with E-state index in [9.17, 15) is 9.59 Å². The summed E-state index contributed by atoms with van der Waals surface area (Å²) in [5.41, 5.74) is 1.54. The van der Waals surface area contributed by atoms with Crippen LogP contribution in [0.4, 0.5) is 5.69 Å². The highest BCUT2D eigenvalue weighted by atomic mass is 16.5. The molecule has 0 atom stereocenters. The first-order valence-corrected chi connectivity index (χ1v) is 9.11. The molecule has 0 radical (unpaired) electrons. The SMILES string of the molecule is C#Cc1cccc(N(CC(=O)NC)C(=O)c2ccc(OCc3noc(C)n3)cc2)c1. The number of benzene rings is 2. The van der Waals surface area contributed by atoms with E-state index in [4.69, 9.17) is 15.7 Å². The summed E-state index contributed by atoms with van der Waals surface area (Å²) < 4.78 is 10.5. The van der Waals surface area contributed by atoms with Crippen LogP contribution in [0.15, 0.2) is 53.1 Å². The molecule has 0 aliphatic carbocycles. The number of nitrogens with one attached hydrogen (secondary N) is 1. The lowest BCUT2D eigenvalue weighted by Crippen LogP contribution is -2.39. The Labute approximate surface area is 173 Å². The van der Waals surface area contributed by atoms with Crippen molar-refractivity contribution in [3.8, 4) is 18.1 Å². The molecule has 2 amide bonds. The zero-order valence-corrected chi connectivity index (χ0v) is 16.6. The number of hydrogen-bond acceptors (Lipinski definition) is 6. The maximum absolute atomic E-state index is 13.1. The van der Waals surface area contributed by atoms with Crippen LogP contribution in [-0.4, -0.2) is 35.5 Å². The Kier molecular flexibility index (Phi) is 6.45. The van der Waals surface area contributed by atoms with Crippen molar-refractivity contribution >= 4 is 17.5 Å². The number of terminal acetylenes is 1. The molecule has 0 bridgehead atoms. The summed E-state index contributed by atoms with van der Waals surface area (Å²) in [6.07, 6.45) is 5.46. The van der Waals surface area contributed by atoms with Gasteiger partial charge >= 0.3 is 0 Å². The zero-order chi connectivity index (χ0) is 21.5. The molecule has 0 spiro atoms. The molecule has 8 nitrogen and oxygen atoms in total. The maximum Gasteiger partial charge on any atom is 0.258 e. The molecule has 8 heteroatoms. The van der Waals surface area contributed by atoms with Gasteiger partial charge in [0, 0.05) is 30.8 Å². The second-order valence-electron chi connectivity index (χ2n) is 6.30. The van der Waals surface area contributed by atoms with Crippen LogP contribution in [0.3, 0.4) is 0 Å². The number of carbonyl (C=O) groups excluding carboxylic acids is 2. The largest absolute Gasteiger partial charge is 0.485 e. The first-order valence-electron chi connectivity index (χ1n) is 9.11. The lowest BCUT2D eigenvalue weighted by Gasteiger charge is -2.22. The Hall–Kier alpha value is -4.12. The van der Waals surface area contributed by atoms with E-state index in [1.165, 1.54) is 11.9 Å². The summed E-state index contributed by atoms with van der Waals surface area (Å²) in [6.45, 7) is 1.70. The van der Waals surface area contributed by atoms with Crippen molar-refractivity contribution in [2.75, 3.05) is 18.5 Å². The predicted molar refractivity (Wildman–Crippen MR) is 110 cm³/mol. The van der Waals surface area contributed by atoms with Gasteiger partial charge in [0.15, 0.2) is 6.61 Å². The van der Waals surface area contributed by atoms with Crippen molar-refractivity contribution in [3.05, 3.63) is 71.4 Å². The van der Waals surface area contributed by atoms with E-state index in [0.717, 1.165) is 0 Å². The first-order chi connectivity index (χ1) is 14.5. The van der Waals surface area contributed by atoms with Gasteiger partial charge in [-0.25, -0.2) is 0 Å². The van der Waals surface area contributed by atoms with Crippen molar-refractivity contribution in [2.45, 2.75) is 13.5 Å². The fourth-order valence-corrected chi connectivity index (χ4v) is 2.66. The summed E-state index contributed by atoms with van der Waals surface area (Å²) in [4.78, 5) is 30.5. The van der Waals surface area contributed by atoms with Crippen molar-refractivity contribution in [1.82, 2.24) is 15.5 Å². The summed E-state index contributed by atoms with van der Waals surface area (Å²) >= 11 is 0. The molecular formula is C22H20N4O4. The highest BCUT2D eigenvalue weighted by molar-refractivity contribution is 6.08. The number of hydrogen-bond donors (Lipinski definition) is 1. The van der Waals surface area contributed by atoms with E-state index in [1.54, 1.807) is 55.5 Å². The van der Waals surface area contributed by atoms with Gasteiger partial charge in [-0.15, -0.1) is 6.42 Å². The van der Waals surface area contributed by atoms with Crippen LogP contribution in [0.25, 0.3) is 0 Å². The van der Waals surface area contributed by atoms with E-state index >= 15 is 0 Å². The number of carbonyl (C=O) groups is 2. The Morgan fingerprint density at radius 2 is 2.00 bits per heavy atom. The Morgan fingerprint density at radius 1 is 1.23 bits per heavy atom. The number of ether oxygens (including phenoxy) is 1. The van der Waals surface area contributed by atoms with E-state index in [0.29, 0.717) is 34.3 Å². The van der Waals surface area contributed by atoms with Crippen LogP contribution in [0.1, 0.15) is 27.6 Å². The second-order valence-corrected chi connectivity index (χ2v) is 6.30. The standard InChI is InChI=1S/C22H20N4O4/c1-4-16-6-5-7-18(12-16)26(13-21(27)23-3)22(28)17-8-10-19(11-9-17)29-14-20-24-15(2)30-25-20/h1,5-12H,13-14H2,2-3H3,(H,23,27). The maximum atomic E-state index is 13.1. The van der Waals surface area contributed by atoms with Crippen molar-refractivity contribution in [1.29, 1.82) is 0 Å². The zero-order valence-electron chi connectivity index (χ0n) is 16.6. The van der Waals surface area contributed by atoms with Gasteiger partial charge in [0.05, 0.1) is 0 Å². The summed E-state index contributed by atoms with van der Waals surface area (Å²) in [5, 5.41) is 6.29. The van der Waals surface area contributed by atoms with Crippen LogP contribution in [0.5, 0.6) is 5.75 Å². The number of anilines is 1. The van der Waals surface area contributed by atoms with Crippen molar-refractivity contribution < 1.29 is 18.8 Å². The molecular weight excluding hydrogens is 384 g/mol.